The Morgan fingerprint density at radius 1 is 1.43 bits per heavy atom. The molecule has 0 unspecified atom stereocenters. The average Bonchev–Trinajstić information content (AvgIpc) is 2.87. The number of nitrogens with zero attached hydrogens (tertiary/aromatic N) is 2. The largest absolute Gasteiger partial charge is 0.481 e. The predicted molar refractivity (Wildman–Crippen MR) is 77.6 cm³/mol. The standard InChI is InChI=1S/C11H7ClFN3O3S2/c12-6-3-1-2-5(8(6)13)9(19)14-10-15-16-11(21-10)20-4-7(17)18/h1-3H,4H2,(H,17,18)(H,14,15,19). The number of rotatable bonds is 5. The third-order valence-corrected chi connectivity index (χ3v) is 4.39. The van der Waals surface area contributed by atoms with Crippen LogP contribution >= 0.6 is 34.7 Å². The van der Waals surface area contributed by atoms with E-state index in [0.717, 1.165) is 23.1 Å². The summed E-state index contributed by atoms with van der Waals surface area (Å²) in [5, 5.41) is 18.3. The van der Waals surface area contributed by atoms with E-state index in [1.165, 1.54) is 18.2 Å². The van der Waals surface area contributed by atoms with Gasteiger partial charge in [-0.25, -0.2) is 4.39 Å². The number of carboxylic acid groups (broad SMARTS) is 1. The van der Waals surface area contributed by atoms with Crippen LogP contribution in [0.4, 0.5) is 9.52 Å². The van der Waals surface area contributed by atoms with E-state index >= 15 is 0 Å². The molecule has 10 heteroatoms. The van der Waals surface area contributed by atoms with E-state index in [4.69, 9.17) is 16.7 Å². The molecule has 21 heavy (non-hydrogen) atoms. The Bertz CT molecular complexity index is 695. The molecule has 2 N–H and O–H groups in total. The van der Waals surface area contributed by atoms with E-state index in [0.29, 0.717) is 4.34 Å². The van der Waals surface area contributed by atoms with Crippen LogP contribution in [0.25, 0.3) is 0 Å². The predicted octanol–water partition coefficient (Wildman–Crippen LogP) is 2.76. The van der Waals surface area contributed by atoms with Crippen LogP contribution in [0.3, 0.4) is 0 Å². The van der Waals surface area contributed by atoms with Crippen LogP contribution in [0.15, 0.2) is 22.5 Å². The lowest BCUT2D eigenvalue weighted by Gasteiger charge is -2.03. The Morgan fingerprint density at radius 3 is 2.90 bits per heavy atom. The molecular weight excluding hydrogens is 341 g/mol. The van der Waals surface area contributed by atoms with E-state index in [2.05, 4.69) is 15.5 Å². The van der Waals surface area contributed by atoms with E-state index in [1.807, 2.05) is 0 Å². The van der Waals surface area contributed by atoms with Gasteiger partial charge in [0.2, 0.25) is 5.13 Å². The number of benzene rings is 1. The molecule has 0 bridgehead atoms. The highest BCUT2D eigenvalue weighted by molar-refractivity contribution is 8.01. The molecule has 0 atom stereocenters. The summed E-state index contributed by atoms with van der Waals surface area (Å²) in [6, 6.07) is 4.07. The van der Waals surface area contributed by atoms with Crippen LogP contribution in [0.1, 0.15) is 10.4 Å². The molecule has 1 heterocycles. The Hall–Kier alpha value is -1.71. The first-order valence-electron chi connectivity index (χ1n) is 5.41. The summed E-state index contributed by atoms with van der Waals surface area (Å²) in [5.41, 5.74) is -0.211. The summed E-state index contributed by atoms with van der Waals surface area (Å²) in [6.45, 7) is 0. The lowest BCUT2D eigenvalue weighted by Crippen LogP contribution is -2.13. The van der Waals surface area contributed by atoms with Gasteiger partial charge < -0.3 is 5.11 Å². The van der Waals surface area contributed by atoms with Crippen molar-refractivity contribution >= 4 is 51.7 Å². The van der Waals surface area contributed by atoms with Crippen LogP contribution in [0.2, 0.25) is 5.02 Å². The number of halogens is 2. The van der Waals surface area contributed by atoms with Crippen molar-refractivity contribution in [3.8, 4) is 0 Å². The number of nitrogens with one attached hydrogen (secondary N) is 1. The minimum atomic E-state index is -0.984. The van der Waals surface area contributed by atoms with Gasteiger partial charge in [0.1, 0.15) is 0 Å². The molecule has 0 spiro atoms. The van der Waals surface area contributed by atoms with Gasteiger partial charge in [0.15, 0.2) is 10.2 Å². The van der Waals surface area contributed by atoms with Crippen molar-refractivity contribution in [1.82, 2.24) is 10.2 Å². The monoisotopic (exact) mass is 347 g/mol. The second-order valence-electron chi connectivity index (χ2n) is 3.61. The maximum Gasteiger partial charge on any atom is 0.313 e. The van der Waals surface area contributed by atoms with E-state index in [-0.39, 0.29) is 21.5 Å². The van der Waals surface area contributed by atoms with Gasteiger partial charge >= 0.3 is 5.97 Å². The second kappa shape index (κ2) is 6.83. The first kappa shape index (κ1) is 15.7. The minimum Gasteiger partial charge on any atom is -0.481 e. The van der Waals surface area contributed by atoms with E-state index < -0.39 is 17.7 Å². The highest BCUT2D eigenvalue weighted by Gasteiger charge is 2.16. The minimum absolute atomic E-state index is 0.146. The zero-order valence-corrected chi connectivity index (χ0v) is 12.6. The van der Waals surface area contributed by atoms with Crippen LogP contribution in [0, 0.1) is 5.82 Å². The highest BCUT2D eigenvalue weighted by Crippen LogP contribution is 2.26. The maximum atomic E-state index is 13.7. The number of carboxylic acids is 1. The van der Waals surface area contributed by atoms with Gasteiger partial charge in [0.25, 0.3) is 5.91 Å². The molecule has 2 rings (SSSR count). The molecule has 0 fully saturated rings. The fourth-order valence-electron chi connectivity index (χ4n) is 1.29. The third kappa shape index (κ3) is 4.13. The number of aromatic nitrogens is 2. The highest BCUT2D eigenvalue weighted by atomic mass is 35.5. The Balaban J connectivity index is 2.06. The van der Waals surface area contributed by atoms with Crippen molar-refractivity contribution in [1.29, 1.82) is 0 Å². The first-order chi connectivity index (χ1) is 9.97. The van der Waals surface area contributed by atoms with Crippen molar-refractivity contribution < 1.29 is 19.1 Å². The molecule has 0 saturated heterocycles. The molecule has 2 aromatic rings. The number of aliphatic carboxylic acids is 1. The fourth-order valence-corrected chi connectivity index (χ4v) is 2.93. The summed E-state index contributed by atoms with van der Waals surface area (Å²) >= 11 is 7.57. The molecule has 0 saturated carbocycles. The van der Waals surface area contributed by atoms with Gasteiger partial charge in [-0.3, -0.25) is 14.9 Å². The maximum absolute atomic E-state index is 13.7. The molecule has 0 aliphatic heterocycles. The molecule has 6 nitrogen and oxygen atoms in total. The molecule has 1 amide bonds. The van der Waals surface area contributed by atoms with Crippen molar-refractivity contribution in [2.45, 2.75) is 4.34 Å². The van der Waals surface area contributed by atoms with Gasteiger partial charge in [0, 0.05) is 0 Å². The summed E-state index contributed by atoms with van der Waals surface area (Å²) in [6.07, 6.45) is 0. The van der Waals surface area contributed by atoms with Crippen LogP contribution < -0.4 is 5.32 Å². The Morgan fingerprint density at radius 2 is 2.19 bits per heavy atom. The summed E-state index contributed by atoms with van der Waals surface area (Å²) in [4.78, 5) is 22.3. The van der Waals surface area contributed by atoms with E-state index in [1.54, 1.807) is 0 Å². The molecule has 0 aliphatic rings. The van der Waals surface area contributed by atoms with Crippen LogP contribution in [-0.4, -0.2) is 32.9 Å². The molecular formula is C11H7ClFN3O3S2. The van der Waals surface area contributed by atoms with Crippen LogP contribution in [-0.2, 0) is 4.79 Å². The third-order valence-electron chi connectivity index (χ3n) is 2.14. The lowest BCUT2D eigenvalue weighted by atomic mass is 10.2. The van der Waals surface area contributed by atoms with Crippen LogP contribution in [0.5, 0.6) is 0 Å². The SMILES string of the molecule is O=C(O)CSc1nnc(NC(=O)c2cccc(Cl)c2F)s1. The number of carbonyl (C=O) groups excluding carboxylic acids is 1. The van der Waals surface area contributed by atoms with Gasteiger partial charge in [0.05, 0.1) is 16.3 Å². The smallest absolute Gasteiger partial charge is 0.313 e. The fraction of sp³-hybridized carbons (Fsp3) is 0.0909. The van der Waals surface area contributed by atoms with Gasteiger partial charge in [-0.2, -0.15) is 0 Å². The van der Waals surface area contributed by atoms with Gasteiger partial charge in [-0.1, -0.05) is 40.8 Å². The van der Waals surface area contributed by atoms with Crippen molar-refractivity contribution in [3.63, 3.8) is 0 Å². The summed E-state index contributed by atoms with van der Waals surface area (Å²) in [7, 11) is 0. The Labute approximate surface area is 131 Å². The molecule has 110 valence electrons. The summed E-state index contributed by atoms with van der Waals surface area (Å²) < 4.78 is 14.1. The number of hydrogen-bond acceptors (Lipinski definition) is 6. The van der Waals surface area contributed by atoms with E-state index in [9.17, 15) is 14.0 Å². The van der Waals surface area contributed by atoms with Crippen molar-refractivity contribution in [3.05, 3.63) is 34.6 Å². The average molecular weight is 348 g/mol. The lowest BCUT2D eigenvalue weighted by molar-refractivity contribution is -0.133. The van der Waals surface area contributed by atoms with Gasteiger partial charge in [-0.15, -0.1) is 10.2 Å². The number of amides is 1. The van der Waals surface area contributed by atoms with Crippen molar-refractivity contribution in [2.75, 3.05) is 11.1 Å². The first-order valence-corrected chi connectivity index (χ1v) is 7.59. The second-order valence-corrected chi connectivity index (χ2v) is 6.22. The quantitative estimate of drug-likeness (QED) is 0.638. The molecule has 0 radical (unpaired) electrons. The number of anilines is 1. The molecule has 0 aliphatic carbocycles. The van der Waals surface area contributed by atoms with Crippen molar-refractivity contribution in [2.24, 2.45) is 0 Å². The number of thioether (sulfide) groups is 1. The number of carbonyl (C=O) groups is 2. The zero-order chi connectivity index (χ0) is 15.4. The zero-order valence-electron chi connectivity index (χ0n) is 10.2. The summed E-state index contributed by atoms with van der Waals surface area (Å²) in [5.74, 6) is -2.67. The topological polar surface area (TPSA) is 92.2 Å². The normalized spacial score (nSPS) is 10.4. The molecule has 1 aromatic heterocycles. The number of hydrogen-bond donors (Lipinski definition) is 2. The molecule has 1 aromatic carbocycles. The van der Waals surface area contributed by atoms with Gasteiger partial charge in [-0.05, 0) is 12.1 Å². The Kier molecular flexibility index (Phi) is 5.10.